The predicted molar refractivity (Wildman–Crippen MR) is 67.6 cm³/mol. The fraction of sp³-hybridized carbons (Fsp3) is 0.615. The maximum Gasteiger partial charge on any atom is 0.149 e. The second-order valence-corrected chi connectivity index (χ2v) is 5.85. The minimum absolute atomic E-state index is 0.379. The van der Waals surface area contributed by atoms with E-state index in [1.165, 1.54) is 4.88 Å². The number of ketones is 1. The molecule has 0 spiro atoms. The predicted octanol–water partition coefficient (Wildman–Crippen LogP) is 2.94. The van der Waals surface area contributed by atoms with Gasteiger partial charge in [-0.15, -0.1) is 11.3 Å². The van der Waals surface area contributed by atoms with E-state index < -0.39 is 0 Å². The van der Waals surface area contributed by atoms with Gasteiger partial charge in [-0.2, -0.15) is 0 Å². The van der Waals surface area contributed by atoms with Crippen molar-refractivity contribution >= 4 is 17.1 Å². The summed E-state index contributed by atoms with van der Waals surface area (Å²) >= 11 is 1.77. The summed E-state index contributed by atoms with van der Waals surface area (Å²) in [6.45, 7) is 5.86. The summed E-state index contributed by atoms with van der Waals surface area (Å²) in [5, 5.41) is 2.09. The van der Waals surface area contributed by atoms with Crippen LogP contribution in [0.3, 0.4) is 0 Å². The minimum atomic E-state index is 0.379. The van der Waals surface area contributed by atoms with Crippen LogP contribution in [0.25, 0.3) is 0 Å². The van der Waals surface area contributed by atoms with Gasteiger partial charge in [0.2, 0.25) is 0 Å². The highest BCUT2D eigenvalue weighted by Gasteiger charge is 2.30. The van der Waals surface area contributed by atoms with Gasteiger partial charge in [-0.1, -0.05) is 6.07 Å². The maximum atomic E-state index is 11.8. The number of Topliss-reactive ketones (excluding diaryl/α,β-unsaturated/α-hetero) is 1. The second kappa shape index (κ2) is 5.11. The number of hydrogen-bond acceptors (Lipinski definition) is 3. The van der Waals surface area contributed by atoms with E-state index in [-0.39, 0.29) is 0 Å². The van der Waals surface area contributed by atoms with Crippen molar-refractivity contribution in [3.8, 4) is 0 Å². The molecule has 0 unspecified atom stereocenters. The van der Waals surface area contributed by atoms with Crippen molar-refractivity contribution in [3.63, 3.8) is 0 Å². The van der Waals surface area contributed by atoms with E-state index >= 15 is 0 Å². The molecule has 0 aliphatic heterocycles. The van der Waals surface area contributed by atoms with Crippen LogP contribution in [0, 0.1) is 5.92 Å². The zero-order valence-electron chi connectivity index (χ0n) is 9.98. The smallest absolute Gasteiger partial charge is 0.149 e. The molecule has 0 radical (unpaired) electrons. The fourth-order valence-electron chi connectivity index (χ4n) is 1.76. The van der Waals surface area contributed by atoms with Crippen LogP contribution in [-0.4, -0.2) is 23.3 Å². The molecule has 0 saturated heterocycles. The van der Waals surface area contributed by atoms with Crippen molar-refractivity contribution in [3.05, 3.63) is 22.4 Å². The number of carbonyl (C=O) groups is 1. The molecule has 1 heterocycles. The molecular formula is C13H19NOS. The van der Waals surface area contributed by atoms with Gasteiger partial charge in [0, 0.05) is 23.4 Å². The molecule has 1 aromatic rings. The van der Waals surface area contributed by atoms with Crippen LogP contribution in [0.1, 0.15) is 31.6 Å². The molecule has 1 fully saturated rings. The van der Waals surface area contributed by atoms with Crippen molar-refractivity contribution in [2.45, 2.75) is 39.3 Å². The third kappa shape index (κ3) is 3.16. The molecule has 3 heteroatoms. The summed E-state index contributed by atoms with van der Waals surface area (Å²) in [7, 11) is 0. The first-order valence-corrected chi connectivity index (χ1v) is 6.84. The van der Waals surface area contributed by atoms with Gasteiger partial charge in [-0.05, 0) is 38.1 Å². The Balaban J connectivity index is 1.91. The van der Waals surface area contributed by atoms with Gasteiger partial charge in [-0.3, -0.25) is 9.69 Å². The van der Waals surface area contributed by atoms with Crippen molar-refractivity contribution in [1.82, 2.24) is 4.90 Å². The summed E-state index contributed by atoms with van der Waals surface area (Å²) in [5.74, 6) is 0.815. The van der Waals surface area contributed by atoms with E-state index in [2.05, 4.69) is 36.3 Å². The van der Waals surface area contributed by atoms with Crippen molar-refractivity contribution in [1.29, 1.82) is 0 Å². The van der Waals surface area contributed by atoms with E-state index in [1.54, 1.807) is 11.3 Å². The molecule has 1 aliphatic rings. The maximum absolute atomic E-state index is 11.8. The topological polar surface area (TPSA) is 20.3 Å². The summed E-state index contributed by atoms with van der Waals surface area (Å²) in [4.78, 5) is 15.4. The minimum Gasteiger partial charge on any atom is -0.298 e. The molecule has 0 aromatic carbocycles. The number of rotatable bonds is 6. The molecular weight excluding hydrogens is 218 g/mol. The Morgan fingerprint density at radius 3 is 2.81 bits per heavy atom. The lowest BCUT2D eigenvalue weighted by Gasteiger charge is -2.25. The molecule has 0 amide bonds. The summed E-state index contributed by atoms with van der Waals surface area (Å²) in [5.41, 5.74) is 0. The Bertz CT molecular complexity index is 341. The highest BCUT2D eigenvalue weighted by molar-refractivity contribution is 7.09. The SMILES string of the molecule is CC(C)N(CC(=O)C1CC1)Cc1cccs1. The standard InChI is InChI=1S/C13H19NOS/c1-10(2)14(8-12-4-3-7-16-12)9-13(15)11-5-6-11/h3-4,7,10-11H,5-6,8-9H2,1-2H3. The largest absolute Gasteiger partial charge is 0.298 e. The summed E-state index contributed by atoms with van der Waals surface area (Å²) < 4.78 is 0. The van der Waals surface area contributed by atoms with Crippen molar-refractivity contribution in [2.24, 2.45) is 5.92 Å². The third-order valence-corrected chi connectivity index (χ3v) is 3.92. The molecule has 88 valence electrons. The van der Waals surface area contributed by atoms with Gasteiger partial charge < -0.3 is 0 Å². The van der Waals surface area contributed by atoms with Crippen molar-refractivity contribution in [2.75, 3.05) is 6.54 Å². The zero-order valence-corrected chi connectivity index (χ0v) is 10.8. The highest BCUT2D eigenvalue weighted by Crippen LogP contribution is 2.30. The van der Waals surface area contributed by atoms with E-state index in [0.717, 1.165) is 19.4 Å². The van der Waals surface area contributed by atoms with Crippen LogP contribution in [0.2, 0.25) is 0 Å². The Kier molecular flexibility index (Phi) is 3.77. The monoisotopic (exact) mass is 237 g/mol. The van der Waals surface area contributed by atoms with E-state index in [4.69, 9.17) is 0 Å². The fourth-order valence-corrected chi connectivity index (χ4v) is 2.49. The second-order valence-electron chi connectivity index (χ2n) is 4.82. The van der Waals surface area contributed by atoms with Gasteiger partial charge in [0.15, 0.2) is 0 Å². The Morgan fingerprint density at radius 2 is 2.31 bits per heavy atom. The number of thiophene rings is 1. The van der Waals surface area contributed by atoms with Gasteiger partial charge in [0.25, 0.3) is 0 Å². The average Bonchev–Trinajstić information content (AvgIpc) is 2.97. The lowest BCUT2D eigenvalue weighted by molar-refractivity contribution is -0.121. The first-order chi connectivity index (χ1) is 7.66. The molecule has 16 heavy (non-hydrogen) atoms. The highest BCUT2D eigenvalue weighted by atomic mass is 32.1. The Morgan fingerprint density at radius 1 is 1.56 bits per heavy atom. The van der Waals surface area contributed by atoms with Gasteiger partial charge in [0.1, 0.15) is 5.78 Å². The van der Waals surface area contributed by atoms with Crippen LogP contribution in [0.5, 0.6) is 0 Å². The normalized spacial score (nSPS) is 16.0. The number of hydrogen-bond donors (Lipinski definition) is 0. The molecule has 1 aliphatic carbocycles. The third-order valence-electron chi connectivity index (χ3n) is 3.06. The summed E-state index contributed by atoms with van der Waals surface area (Å²) in [6.07, 6.45) is 2.23. The Labute approximate surface area is 101 Å². The molecule has 2 rings (SSSR count). The number of carbonyl (C=O) groups excluding carboxylic acids is 1. The van der Waals surface area contributed by atoms with E-state index in [1.807, 2.05) is 0 Å². The quantitative estimate of drug-likeness (QED) is 0.758. The molecule has 1 saturated carbocycles. The molecule has 0 N–H and O–H groups in total. The first-order valence-electron chi connectivity index (χ1n) is 5.96. The van der Waals surface area contributed by atoms with Crippen LogP contribution in [0.15, 0.2) is 17.5 Å². The number of nitrogens with zero attached hydrogens (tertiary/aromatic N) is 1. The van der Waals surface area contributed by atoms with Crippen LogP contribution in [0.4, 0.5) is 0 Å². The lowest BCUT2D eigenvalue weighted by atomic mass is 10.2. The van der Waals surface area contributed by atoms with E-state index in [0.29, 0.717) is 24.3 Å². The Hall–Kier alpha value is -0.670. The van der Waals surface area contributed by atoms with E-state index in [9.17, 15) is 4.79 Å². The van der Waals surface area contributed by atoms with Crippen LogP contribution >= 0.6 is 11.3 Å². The molecule has 1 aromatic heterocycles. The first kappa shape index (κ1) is 11.8. The van der Waals surface area contributed by atoms with Gasteiger partial charge >= 0.3 is 0 Å². The molecule has 0 atom stereocenters. The molecule has 2 nitrogen and oxygen atoms in total. The average molecular weight is 237 g/mol. The van der Waals surface area contributed by atoms with Crippen LogP contribution in [-0.2, 0) is 11.3 Å². The van der Waals surface area contributed by atoms with Crippen molar-refractivity contribution < 1.29 is 4.79 Å². The lowest BCUT2D eigenvalue weighted by Crippen LogP contribution is -2.35. The zero-order chi connectivity index (χ0) is 11.5. The van der Waals surface area contributed by atoms with Crippen LogP contribution < -0.4 is 0 Å². The van der Waals surface area contributed by atoms with Gasteiger partial charge in [0.05, 0.1) is 6.54 Å². The molecule has 0 bridgehead atoms. The summed E-state index contributed by atoms with van der Waals surface area (Å²) in [6, 6.07) is 4.65. The van der Waals surface area contributed by atoms with Gasteiger partial charge in [-0.25, -0.2) is 0 Å².